The lowest BCUT2D eigenvalue weighted by Crippen LogP contribution is -1.98. The molecule has 4 aromatic carbocycles. The quantitative estimate of drug-likeness (QED) is 0.218. The highest BCUT2D eigenvalue weighted by atomic mass is 33.1. The van der Waals surface area contributed by atoms with E-state index in [2.05, 4.69) is 125 Å². The lowest BCUT2D eigenvalue weighted by atomic mass is 9.96. The first-order valence-electron chi connectivity index (χ1n) is 12.2. The molecule has 0 aliphatic heterocycles. The first-order chi connectivity index (χ1) is 16.6. The number of rotatable bonds is 9. The molecule has 4 rings (SSSR count). The Labute approximate surface area is 213 Å². The van der Waals surface area contributed by atoms with Crippen molar-refractivity contribution in [1.82, 2.24) is 0 Å². The number of aryl methyl sites for hydroxylation is 2. The Bertz CT molecular complexity index is 1100. The van der Waals surface area contributed by atoms with Crippen LogP contribution < -0.4 is 0 Å². The van der Waals surface area contributed by atoms with Crippen molar-refractivity contribution >= 4 is 21.6 Å². The van der Waals surface area contributed by atoms with E-state index < -0.39 is 0 Å². The molecule has 0 nitrogen and oxygen atoms in total. The number of hydrogen-bond donors (Lipinski definition) is 0. The largest absolute Gasteiger partial charge is 0.0853 e. The van der Waals surface area contributed by atoms with Crippen molar-refractivity contribution in [2.24, 2.45) is 0 Å². The van der Waals surface area contributed by atoms with Gasteiger partial charge in [-0.3, -0.25) is 0 Å². The number of benzene rings is 4. The van der Waals surface area contributed by atoms with Gasteiger partial charge in [0.05, 0.1) is 0 Å². The minimum atomic E-state index is 0.447. The van der Waals surface area contributed by atoms with Gasteiger partial charge in [0, 0.05) is 10.5 Å². The molecular weight excluding hydrogens is 448 g/mol. The summed E-state index contributed by atoms with van der Waals surface area (Å²) in [5.41, 5.74) is 10.8. The second-order valence-corrected chi connectivity index (χ2v) is 11.6. The minimum Gasteiger partial charge on any atom is -0.0853 e. The molecule has 0 heterocycles. The van der Waals surface area contributed by atoms with Crippen molar-refractivity contribution in [3.8, 4) is 22.3 Å². The van der Waals surface area contributed by atoms with Gasteiger partial charge >= 0.3 is 0 Å². The highest BCUT2D eigenvalue weighted by Gasteiger charge is 2.20. The summed E-state index contributed by atoms with van der Waals surface area (Å²) in [4.78, 5) is 0. The maximum atomic E-state index is 2.32. The van der Waals surface area contributed by atoms with E-state index in [0.717, 1.165) is 12.8 Å². The normalized spacial score (nSPS) is 12.9. The molecule has 0 N–H and O–H groups in total. The zero-order chi connectivity index (χ0) is 23.9. The zero-order valence-corrected chi connectivity index (χ0v) is 22.3. The number of hydrogen-bond acceptors (Lipinski definition) is 2. The molecule has 0 spiro atoms. The molecule has 174 valence electrons. The molecule has 0 bridgehead atoms. The summed E-state index contributed by atoms with van der Waals surface area (Å²) in [7, 11) is 4.07. The molecule has 2 atom stereocenters. The van der Waals surface area contributed by atoms with Crippen molar-refractivity contribution in [1.29, 1.82) is 0 Å². The third-order valence-electron chi connectivity index (χ3n) is 6.37. The molecule has 0 aliphatic carbocycles. The standard InChI is InChI=1S/C32H34S2/c1-5-31(29-13-9-7-11-27(29)25-19-15-23(3)16-20-25)33-34-32(6-2)30-14-10-8-12-28(30)26-21-17-24(4)18-22-26/h7-22,31-32H,5-6H2,1-4H3/t31-,32-/m1/s1. The van der Waals surface area contributed by atoms with Crippen molar-refractivity contribution in [3.05, 3.63) is 119 Å². The highest BCUT2D eigenvalue weighted by molar-refractivity contribution is 8.76. The van der Waals surface area contributed by atoms with E-state index in [4.69, 9.17) is 0 Å². The summed E-state index contributed by atoms with van der Waals surface area (Å²) in [6.45, 7) is 8.92. The molecule has 0 amide bonds. The average Bonchev–Trinajstić information content (AvgIpc) is 2.88. The van der Waals surface area contributed by atoms with Crippen LogP contribution in [0.25, 0.3) is 22.3 Å². The SMILES string of the molecule is CC[C@@H](SS[C@H](CC)c1ccccc1-c1ccc(C)cc1)c1ccccc1-c1ccc(C)cc1. The molecule has 0 unspecified atom stereocenters. The van der Waals surface area contributed by atoms with Crippen LogP contribution in [-0.2, 0) is 0 Å². The van der Waals surface area contributed by atoms with Crippen LogP contribution in [0.5, 0.6) is 0 Å². The Morgan fingerprint density at radius 1 is 0.500 bits per heavy atom. The summed E-state index contributed by atoms with van der Waals surface area (Å²) in [6.07, 6.45) is 2.22. The molecule has 2 heteroatoms. The van der Waals surface area contributed by atoms with Crippen LogP contribution in [0, 0.1) is 13.8 Å². The van der Waals surface area contributed by atoms with Gasteiger partial charge in [0.2, 0.25) is 0 Å². The summed E-state index contributed by atoms with van der Waals surface area (Å²) in [6, 6.07) is 35.8. The van der Waals surface area contributed by atoms with E-state index in [9.17, 15) is 0 Å². The first-order valence-corrected chi connectivity index (χ1v) is 14.5. The lowest BCUT2D eigenvalue weighted by Gasteiger charge is -2.23. The van der Waals surface area contributed by atoms with E-state index in [1.165, 1.54) is 44.5 Å². The van der Waals surface area contributed by atoms with Crippen LogP contribution in [0.3, 0.4) is 0 Å². The van der Waals surface area contributed by atoms with Crippen LogP contribution in [0.1, 0.15) is 59.4 Å². The second-order valence-electron chi connectivity index (χ2n) is 8.89. The van der Waals surface area contributed by atoms with Gasteiger partial charge in [0.25, 0.3) is 0 Å². The summed E-state index contributed by atoms with van der Waals surface area (Å²) in [5.74, 6) is 0. The van der Waals surface area contributed by atoms with Gasteiger partial charge in [-0.15, -0.1) is 0 Å². The van der Waals surface area contributed by atoms with Crippen molar-refractivity contribution in [3.63, 3.8) is 0 Å². The smallest absolute Gasteiger partial charge is 0.0404 e. The van der Waals surface area contributed by atoms with Crippen molar-refractivity contribution < 1.29 is 0 Å². The highest BCUT2D eigenvalue weighted by Crippen LogP contribution is 2.51. The van der Waals surface area contributed by atoms with Crippen molar-refractivity contribution in [2.45, 2.75) is 51.0 Å². The fourth-order valence-electron chi connectivity index (χ4n) is 4.36. The van der Waals surface area contributed by atoms with E-state index in [1.54, 1.807) is 0 Å². The summed E-state index contributed by atoms with van der Waals surface area (Å²) in [5, 5.41) is 0.895. The van der Waals surface area contributed by atoms with E-state index in [0.29, 0.717) is 10.5 Å². The van der Waals surface area contributed by atoms with Gasteiger partial charge in [-0.1, -0.05) is 144 Å². The van der Waals surface area contributed by atoms with E-state index >= 15 is 0 Å². The predicted octanol–water partition coefficient (Wildman–Crippen LogP) is 10.6. The Hall–Kier alpha value is -2.42. The van der Waals surface area contributed by atoms with Crippen LogP contribution in [0.4, 0.5) is 0 Å². The maximum absolute atomic E-state index is 2.32. The van der Waals surface area contributed by atoms with Crippen LogP contribution in [0.15, 0.2) is 97.1 Å². The third-order valence-corrected chi connectivity index (χ3v) is 9.85. The lowest BCUT2D eigenvalue weighted by molar-refractivity contribution is 0.895. The molecule has 34 heavy (non-hydrogen) atoms. The Balaban J connectivity index is 1.58. The predicted molar refractivity (Wildman–Crippen MR) is 154 cm³/mol. The molecule has 4 aromatic rings. The molecule has 0 saturated carbocycles. The fraction of sp³-hybridized carbons (Fsp3) is 0.250. The summed E-state index contributed by atoms with van der Waals surface area (Å²) >= 11 is 0. The average molecular weight is 483 g/mol. The monoisotopic (exact) mass is 482 g/mol. The molecule has 0 aromatic heterocycles. The Kier molecular flexibility index (Phi) is 8.59. The van der Waals surface area contributed by atoms with Crippen molar-refractivity contribution in [2.75, 3.05) is 0 Å². The topological polar surface area (TPSA) is 0 Å². The summed E-state index contributed by atoms with van der Waals surface area (Å²) < 4.78 is 0. The van der Waals surface area contributed by atoms with Crippen LogP contribution in [-0.4, -0.2) is 0 Å². The molecule has 0 fully saturated rings. The Morgan fingerprint density at radius 3 is 1.21 bits per heavy atom. The molecule has 0 radical (unpaired) electrons. The maximum Gasteiger partial charge on any atom is 0.0404 e. The van der Waals surface area contributed by atoms with Gasteiger partial charge in [0.1, 0.15) is 0 Å². The van der Waals surface area contributed by atoms with Gasteiger partial charge in [-0.25, -0.2) is 0 Å². The minimum absolute atomic E-state index is 0.447. The van der Waals surface area contributed by atoms with Gasteiger partial charge in [-0.05, 0) is 60.1 Å². The zero-order valence-electron chi connectivity index (χ0n) is 20.6. The van der Waals surface area contributed by atoms with Crippen LogP contribution in [0.2, 0.25) is 0 Å². The Morgan fingerprint density at radius 2 is 0.853 bits per heavy atom. The van der Waals surface area contributed by atoms with E-state index in [-0.39, 0.29) is 0 Å². The van der Waals surface area contributed by atoms with E-state index in [1.807, 2.05) is 21.6 Å². The molecule has 0 saturated heterocycles. The fourth-order valence-corrected chi connectivity index (χ4v) is 7.76. The third kappa shape index (κ3) is 5.79. The first kappa shape index (κ1) is 24.7. The van der Waals surface area contributed by atoms with Gasteiger partial charge in [-0.2, -0.15) is 0 Å². The molecule has 0 aliphatic rings. The van der Waals surface area contributed by atoms with Gasteiger partial charge in [0.15, 0.2) is 0 Å². The second kappa shape index (κ2) is 11.8. The van der Waals surface area contributed by atoms with Crippen LogP contribution >= 0.6 is 21.6 Å². The molecular formula is C32H34S2. The van der Waals surface area contributed by atoms with Gasteiger partial charge < -0.3 is 0 Å².